The fourth-order valence-electron chi connectivity index (χ4n) is 1.25. The number of nitrogens with zero attached hydrogens (tertiary/aromatic N) is 3. The Morgan fingerprint density at radius 1 is 1.40 bits per heavy atom. The molecule has 106 valence electrons. The Morgan fingerprint density at radius 3 is 2.65 bits per heavy atom. The highest BCUT2D eigenvalue weighted by atomic mass is 32.1. The van der Waals surface area contributed by atoms with Crippen LogP contribution in [-0.4, -0.2) is 20.7 Å². The van der Waals surface area contributed by atoms with Crippen molar-refractivity contribution >= 4 is 22.4 Å². The number of amides is 1. The van der Waals surface area contributed by atoms with E-state index >= 15 is 0 Å². The molecule has 20 heavy (non-hydrogen) atoms. The van der Waals surface area contributed by atoms with E-state index in [9.17, 15) is 22.8 Å². The molecular weight excluding hydrogens is 297 g/mol. The molecule has 0 spiro atoms. The van der Waals surface area contributed by atoms with E-state index < -0.39 is 23.3 Å². The average Bonchev–Trinajstić information content (AvgIpc) is 2.81. The summed E-state index contributed by atoms with van der Waals surface area (Å²) in [6.07, 6.45) is -4.56. The van der Waals surface area contributed by atoms with E-state index in [4.69, 9.17) is 0 Å². The first-order chi connectivity index (χ1) is 9.27. The van der Waals surface area contributed by atoms with Crippen molar-refractivity contribution in [3.05, 3.63) is 39.3 Å². The number of carbonyl (C=O) groups is 1. The van der Waals surface area contributed by atoms with Gasteiger partial charge in [-0.25, -0.2) is 9.67 Å². The number of hydrogen-bond acceptors (Lipinski definition) is 5. The van der Waals surface area contributed by atoms with Crippen LogP contribution in [0.5, 0.6) is 0 Å². The molecule has 6 nitrogen and oxygen atoms in total. The molecule has 1 amide bonds. The van der Waals surface area contributed by atoms with Gasteiger partial charge in [0.25, 0.3) is 11.5 Å². The summed E-state index contributed by atoms with van der Waals surface area (Å²) in [6, 6.07) is 2.31. The van der Waals surface area contributed by atoms with Crippen LogP contribution in [0.2, 0.25) is 0 Å². The van der Waals surface area contributed by atoms with Crippen molar-refractivity contribution in [3.8, 4) is 0 Å². The number of aryl methyl sites for hydroxylation is 1. The first-order valence-electron chi connectivity index (χ1n) is 5.16. The SMILES string of the molecule is Cn1nc(C(=O)Nc2nc(C(F)(F)F)cs2)ccc1=O. The molecule has 0 atom stereocenters. The zero-order valence-corrected chi connectivity index (χ0v) is 10.7. The van der Waals surface area contributed by atoms with Crippen LogP contribution in [0, 0.1) is 0 Å². The third-order valence-corrected chi connectivity index (χ3v) is 2.97. The molecule has 0 saturated heterocycles. The first-order valence-corrected chi connectivity index (χ1v) is 6.04. The highest BCUT2D eigenvalue weighted by molar-refractivity contribution is 7.14. The second-order valence-corrected chi connectivity index (χ2v) is 4.53. The highest BCUT2D eigenvalue weighted by Crippen LogP contribution is 2.31. The summed E-state index contributed by atoms with van der Waals surface area (Å²) in [5.41, 5.74) is -1.59. The molecule has 2 heterocycles. The van der Waals surface area contributed by atoms with Crippen LogP contribution in [0.25, 0.3) is 0 Å². The maximum atomic E-state index is 12.3. The molecule has 0 fully saturated rings. The number of aromatic nitrogens is 3. The summed E-state index contributed by atoms with van der Waals surface area (Å²) < 4.78 is 38.0. The van der Waals surface area contributed by atoms with Gasteiger partial charge in [0.15, 0.2) is 10.8 Å². The number of nitrogens with one attached hydrogen (secondary N) is 1. The quantitative estimate of drug-likeness (QED) is 0.912. The fraction of sp³-hybridized carbons (Fsp3) is 0.200. The summed E-state index contributed by atoms with van der Waals surface area (Å²) in [4.78, 5) is 26.1. The molecule has 0 aliphatic rings. The Hall–Kier alpha value is -2.23. The second-order valence-electron chi connectivity index (χ2n) is 3.67. The van der Waals surface area contributed by atoms with Crippen molar-refractivity contribution in [1.29, 1.82) is 0 Å². The Balaban J connectivity index is 2.17. The first kappa shape index (κ1) is 14.2. The number of halogens is 3. The van der Waals surface area contributed by atoms with E-state index in [0.29, 0.717) is 11.3 Å². The maximum absolute atomic E-state index is 12.3. The Bertz CT molecular complexity index is 707. The normalized spacial score (nSPS) is 11.4. The third kappa shape index (κ3) is 3.02. The lowest BCUT2D eigenvalue weighted by molar-refractivity contribution is -0.140. The van der Waals surface area contributed by atoms with Gasteiger partial charge in [-0.3, -0.25) is 14.9 Å². The summed E-state index contributed by atoms with van der Waals surface area (Å²) in [5, 5.41) is 6.46. The van der Waals surface area contributed by atoms with E-state index in [1.165, 1.54) is 13.1 Å². The minimum atomic E-state index is -4.56. The van der Waals surface area contributed by atoms with Crippen molar-refractivity contribution in [2.45, 2.75) is 6.18 Å². The highest BCUT2D eigenvalue weighted by Gasteiger charge is 2.33. The lowest BCUT2D eigenvalue weighted by atomic mass is 10.4. The van der Waals surface area contributed by atoms with Crippen molar-refractivity contribution in [2.24, 2.45) is 7.05 Å². The Labute approximate surface area is 113 Å². The molecule has 0 bridgehead atoms. The van der Waals surface area contributed by atoms with Crippen LogP contribution in [0.15, 0.2) is 22.3 Å². The Morgan fingerprint density at radius 2 is 2.10 bits per heavy atom. The van der Waals surface area contributed by atoms with Crippen molar-refractivity contribution < 1.29 is 18.0 Å². The summed E-state index contributed by atoms with van der Waals surface area (Å²) in [7, 11) is 1.35. The number of hydrogen-bond donors (Lipinski definition) is 1. The van der Waals surface area contributed by atoms with Gasteiger partial charge < -0.3 is 0 Å². The van der Waals surface area contributed by atoms with E-state index in [2.05, 4.69) is 15.4 Å². The van der Waals surface area contributed by atoms with Crippen molar-refractivity contribution in [2.75, 3.05) is 5.32 Å². The van der Waals surface area contributed by atoms with Gasteiger partial charge in [0.05, 0.1) is 0 Å². The summed E-state index contributed by atoms with van der Waals surface area (Å²) in [5.74, 6) is -0.747. The fourth-order valence-corrected chi connectivity index (χ4v) is 1.96. The number of alkyl halides is 3. The molecule has 0 saturated carbocycles. The van der Waals surface area contributed by atoms with Crippen LogP contribution in [0.3, 0.4) is 0 Å². The number of thiazole rings is 1. The number of anilines is 1. The van der Waals surface area contributed by atoms with E-state index in [1.54, 1.807) is 0 Å². The van der Waals surface area contributed by atoms with Crippen LogP contribution in [0.1, 0.15) is 16.2 Å². The molecule has 0 aliphatic heterocycles. The molecule has 0 aliphatic carbocycles. The van der Waals surface area contributed by atoms with Gasteiger partial charge in [0, 0.05) is 18.5 Å². The zero-order chi connectivity index (χ0) is 14.9. The molecule has 1 N–H and O–H groups in total. The van der Waals surface area contributed by atoms with Gasteiger partial charge in [0.1, 0.15) is 5.69 Å². The smallest absolute Gasteiger partial charge is 0.296 e. The Kier molecular flexibility index (Phi) is 3.57. The summed E-state index contributed by atoms with van der Waals surface area (Å²) in [6.45, 7) is 0. The third-order valence-electron chi connectivity index (χ3n) is 2.21. The molecule has 2 aromatic heterocycles. The average molecular weight is 304 g/mol. The van der Waals surface area contributed by atoms with Gasteiger partial charge in [-0.2, -0.15) is 18.3 Å². The molecule has 2 rings (SSSR count). The van der Waals surface area contributed by atoms with Gasteiger partial charge in [-0.05, 0) is 6.07 Å². The summed E-state index contributed by atoms with van der Waals surface area (Å²) >= 11 is 0.647. The van der Waals surface area contributed by atoms with Crippen molar-refractivity contribution in [3.63, 3.8) is 0 Å². The van der Waals surface area contributed by atoms with E-state index in [-0.39, 0.29) is 10.8 Å². The minimum Gasteiger partial charge on any atom is -0.296 e. The van der Waals surface area contributed by atoms with E-state index in [1.807, 2.05) is 0 Å². The zero-order valence-electron chi connectivity index (χ0n) is 9.93. The minimum absolute atomic E-state index is 0.101. The predicted octanol–water partition coefficient (Wildman–Crippen LogP) is 1.51. The largest absolute Gasteiger partial charge is 0.434 e. The predicted molar refractivity (Wildman–Crippen MR) is 64.5 cm³/mol. The number of rotatable bonds is 2. The van der Waals surface area contributed by atoms with Gasteiger partial charge in [0.2, 0.25) is 0 Å². The van der Waals surface area contributed by atoms with Crippen molar-refractivity contribution in [1.82, 2.24) is 14.8 Å². The molecule has 2 aromatic rings. The van der Waals surface area contributed by atoms with E-state index in [0.717, 1.165) is 16.1 Å². The maximum Gasteiger partial charge on any atom is 0.434 e. The molecule has 0 aromatic carbocycles. The van der Waals surface area contributed by atoms with Gasteiger partial charge in [-0.15, -0.1) is 11.3 Å². The lowest BCUT2D eigenvalue weighted by Gasteiger charge is -2.03. The van der Waals surface area contributed by atoms with Crippen LogP contribution in [0.4, 0.5) is 18.3 Å². The van der Waals surface area contributed by atoms with Gasteiger partial charge >= 0.3 is 6.18 Å². The molecule has 10 heteroatoms. The second kappa shape index (κ2) is 5.04. The molecule has 0 unspecified atom stereocenters. The molecule has 0 radical (unpaired) electrons. The van der Waals surface area contributed by atoms with Crippen LogP contribution in [-0.2, 0) is 13.2 Å². The monoisotopic (exact) mass is 304 g/mol. The lowest BCUT2D eigenvalue weighted by Crippen LogP contribution is -2.23. The number of carbonyl (C=O) groups excluding carboxylic acids is 1. The molecular formula is C10H7F3N4O2S. The van der Waals surface area contributed by atoms with Gasteiger partial charge in [-0.1, -0.05) is 0 Å². The standard InChI is InChI=1S/C10H7F3N4O2S/c1-17-7(18)3-2-5(16-17)8(19)15-9-14-6(4-20-9)10(11,12)13/h2-4H,1H3,(H,14,15,19). The van der Waals surface area contributed by atoms with Crippen LogP contribution >= 0.6 is 11.3 Å². The topological polar surface area (TPSA) is 76.9 Å². The van der Waals surface area contributed by atoms with Crippen LogP contribution < -0.4 is 10.9 Å².